The second-order valence-corrected chi connectivity index (χ2v) is 5.99. The van der Waals surface area contributed by atoms with Crippen molar-refractivity contribution in [3.8, 4) is 0 Å². The van der Waals surface area contributed by atoms with Crippen LogP contribution in [0, 0.1) is 13.8 Å². The molecule has 1 saturated heterocycles. The van der Waals surface area contributed by atoms with E-state index in [-0.39, 0.29) is 24.2 Å². The van der Waals surface area contributed by atoms with E-state index in [1.54, 1.807) is 19.9 Å². The van der Waals surface area contributed by atoms with E-state index in [1.165, 1.54) is 0 Å². The molecule has 0 radical (unpaired) electrons. The number of aromatic amines is 1. The van der Waals surface area contributed by atoms with Crippen molar-refractivity contribution in [2.75, 3.05) is 11.9 Å². The lowest BCUT2D eigenvalue weighted by Crippen LogP contribution is -2.41. The van der Waals surface area contributed by atoms with E-state index < -0.39 is 17.2 Å². The molecule has 0 spiro atoms. The SMILES string of the molecule is Cc1cc(C)nc(NC(=O)c2c[nH]c(=O)n(CC3CCCO3)c2=O)n1. The molecule has 2 N–H and O–H groups in total. The average Bonchev–Trinajstić information content (AvgIpc) is 3.03. The fourth-order valence-electron chi connectivity index (χ4n) is 2.78. The largest absolute Gasteiger partial charge is 0.376 e. The topological polar surface area (TPSA) is 119 Å². The Bertz CT molecular complexity index is 891. The third-order valence-electron chi connectivity index (χ3n) is 3.92. The molecule has 25 heavy (non-hydrogen) atoms. The van der Waals surface area contributed by atoms with Gasteiger partial charge in [-0.25, -0.2) is 14.8 Å². The summed E-state index contributed by atoms with van der Waals surface area (Å²) in [6.07, 6.45) is 2.58. The van der Waals surface area contributed by atoms with Gasteiger partial charge in [0.25, 0.3) is 11.5 Å². The van der Waals surface area contributed by atoms with Gasteiger partial charge in [0.2, 0.25) is 5.95 Å². The smallest absolute Gasteiger partial charge is 0.328 e. The Morgan fingerprint density at radius 2 is 2.08 bits per heavy atom. The van der Waals surface area contributed by atoms with Crippen molar-refractivity contribution in [3.63, 3.8) is 0 Å². The molecule has 1 aliphatic rings. The van der Waals surface area contributed by atoms with Gasteiger partial charge >= 0.3 is 5.69 Å². The van der Waals surface area contributed by atoms with Gasteiger partial charge in [-0.05, 0) is 32.8 Å². The lowest BCUT2D eigenvalue weighted by atomic mass is 10.2. The van der Waals surface area contributed by atoms with E-state index in [0.717, 1.165) is 23.6 Å². The molecule has 0 aliphatic carbocycles. The average molecular weight is 345 g/mol. The van der Waals surface area contributed by atoms with Crippen LogP contribution in [0.25, 0.3) is 0 Å². The summed E-state index contributed by atoms with van der Waals surface area (Å²) in [5, 5.41) is 2.49. The molecule has 132 valence electrons. The lowest BCUT2D eigenvalue weighted by Gasteiger charge is -2.11. The number of hydrogen-bond donors (Lipinski definition) is 2. The zero-order chi connectivity index (χ0) is 18.0. The fourth-order valence-corrected chi connectivity index (χ4v) is 2.78. The molecule has 0 bridgehead atoms. The van der Waals surface area contributed by atoms with Crippen molar-refractivity contribution >= 4 is 11.9 Å². The van der Waals surface area contributed by atoms with Gasteiger partial charge in [0, 0.05) is 24.2 Å². The van der Waals surface area contributed by atoms with Gasteiger partial charge in [-0.2, -0.15) is 0 Å². The van der Waals surface area contributed by atoms with Gasteiger partial charge in [-0.1, -0.05) is 0 Å². The highest BCUT2D eigenvalue weighted by Crippen LogP contribution is 2.12. The van der Waals surface area contributed by atoms with Crippen LogP contribution in [-0.2, 0) is 11.3 Å². The zero-order valence-electron chi connectivity index (χ0n) is 14.0. The number of H-pyrrole nitrogens is 1. The number of anilines is 1. The van der Waals surface area contributed by atoms with Gasteiger partial charge in [-0.3, -0.25) is 19.5 Å². The minimum absolute atomic E-state index is 0.110. The second-order valence-electron chi connectivity index (χ2n) is 5.99. The molecule has 1 amide bonds. The molecule has 9 heteroatoms. The Kier molecular flexibility index (Phi) is 4.75. The fraction of sp³-hybridized carbons (Fsp3) is 0.438. The van der Waals surface area contributed by atoms with Crippen LogP contribution in [0.2, 0.25) is 0 Å². The summed E-state index contributed by atoms with van der Waals surface area (Å²) in [5.74, 6) is -0.564. The first-order valence-electron chi connectivity index (χ1n) is 8.02. The van der Waals surface area contributed by atoms with Crippen molar-refractivity contribution in [3.05, 3.63) is 50.1 Å². The number of rotatable bonds is 4. The normalized spacial score (nSPS) is 16.8. The highest BCUT2D eigenvalue weighted by molar-refractivity contribution is 6.02. The van der Waals surface area contributed by atoms with Crippen LogP contribution < -0.4 is 16.6 Å². The number of aryl methyl sites for hydroxylation is 2. The van der Waals surface area contributed by atoms with Crippen LogP contribution in [0.5, 0.6) is 0 Å². The predicted octanol–water partition coefficient (Wildman–Crippen LogP) is 0.375. The number of carbonyl (C=O) groups excluding carboxylic acids is 1. The maximum absolute atomic E-state index is 12.5. The highest BCUT2D eigenvalue weighted by atomic mass is 16.5. The maximum Gasteiger partial charge on any atom is 0.328 e. The molecular weight excluding hydrogens is 326 g/mol. The van der Waals surface area contributed by atoms with Crippen molar-refractivity contribution < 1.29 is 9.53 Å². The van der Waals surface area contributed by atoms with Crippen molar-refractivity contribution in [1.82, 2.24) is 19.5 Å². The standard InChI is InChI=1S/C16H19N5O4/c1-9-6-10(2)19-15(18-9)20-13(22)12-7-17-16(24)21(14(12)23)8-11-4-3-5-25-11/h6-7,11H,3-5,8H2,1-2H3,(H,17,24)(H,18,19,20,22). The Morgan fingerprint density at radius 1 is 1.36 bits per heavy atom. The van der Waals surface area contributed by atoms with Gasteiger partial charge in [0.1, 0.15) is 5.56 Å². The molecular formula is C16H19N5O4. The van der Waals surface area contributed by atoms with E-state index in [2.05, 4.69) is 20.3 Å². The highest BCUT2D eigenvalue weighted by Gasteiger charge is 2.21. The van der Waals surface area contributed by atoms with Crippen molar-refractivity contribution in [2.24, 2.45) is 0 Å². The summed E-state index contributed by atoms with van der Waals surface area (Å²) in [6.45, 7) is 4.29. The third kappa shape index (κ3) is 3.82. The minimum atomic E-state index is -0.674. The Labute approximate surface area is 143 Å². The van der Waals surface area contributed by atoms with E-state index in [0.29, 0.717) is 18.0 Å². The summed E-state index contributed by atoms with van der Waals surface area (Å²) < 4.78 is 6.45. The van der Waals surface area contributed by atoms with Gasteiger partial charge < -0.3 is 9.72 Å². The predicted molar refractivity (Wildman–Crippen MR) is 89.8 cm³/mol. The van der Waals surface area contributed by atoms with Gasteiger partial charge in [0.05, 0.1) is 12.6 Å². The first-order valence-corrected chi connectivity index (χ1v) is 8.02. The molecule has 2 aromatic heterocycles. The summed E-state index contributed by atoms with van der Waals surface area (Å²) in [5.41, 5.74) is -0.0266. The monoisotopic (exact) mass is 345 g/mol. The van der Waals surface area contributed by atoms with E-state index in [9.17, 15) is 14.4 Å². The Morgan fingerprint density at radius 3 is 2.72 bits per heavy atom. The van der Waals surface area contributed by atoms with Crippen molar-refractivity contribution in [1.29, 1.82) is 0 Å². The van der Waals surface area contributed by atoms with Crippen LogP contribution in [0.15, 0.2) is 21.9 Å². The van der Waals surface area contributed by atoms with Gasteiger partial charge in [-0.15, -0.1) is 0 Å². The van der Waals surface area contributed by atoms with Crippen LogP contribution in [0.4, 0.5) is 5.95 Å². The molecule has 0 aromatic carbocycles. The van der Waals surface area contributed by atoms with E-state index in [4.69, 9.17) is 4.74 Å². The third-order valence-corrected chi connectivity index (χ3v) is 3.92. The summed E-state index contributed by atoms with van der Waals surface area (Å²) in [7, 11) is 0. The van der Waals surface area contributed by atoms with E-state index >= 15 is 0 Å². The number of aromatic nitrogens is 4. The molecule has 1 aliphatic heterocycles. The van der Waals surface area contributed by atoms with E-state index in [1.807, 2.05) is 0 Å². The molecule has 9 nitrogen and oxygen atoms in total. The van der Waals surface area contributed by atoms with Crippen LogP contribution in [0.1, 0.15) is 34.6 Å². The maximum atomic E-state index is 12.5. The number of carbonyl (C=O) groups is 1. The number of nitrogens with one attached hydrogen (secondary N) is 2. The number of ether oxygens (including phenoxy) is 1. The number of amides is 1. The molecule has 2 aromatic rings. The Balaban J connectivity index is 1.87. The molecule has 0 saturated carbocycles. The quantitative estimate of drug-likeness (QED) is 0.826. The number of hydrogen-bond acceptors (Lipinski definition) is 6. The van der Waals surface area contributed by atoms with Crippen molar-refractivity contribution in [2.45, 2.75) is 39.3 Å². The molecule has 1 atom stereocenters. The van der Waals surface area contributed by atoms with Gasteiger partial charge in [0.15, 0.2) is 0 Å². The molecule has 3 heterocycles. The molecule has 1 unspecified atom stereocenters. The summed E-state index contributed by atoms with van der Waals surface area (Å²) in [4.78, 5) is 47.5. The summed E-state index contributed by atoms with van der Waals surface area (Å²) in [6, 6.07) is 1.77. The van der Waals surface area contributed by atoms with Crippen LogP contribution in [0.3, 0.4) is 0 Å². The van der Waals surface area contributed by atoms with Crippen LogP contribution >= 0.6 is 0 Å². The first-order chi connectivity index (χ1) is 11.9. The zero-order valence-corrected chi connectivity index (χ0v) is 14.0. The minimum Gasteiger partial charge on any atom is -0.376 e. The van der Waals surface area contributed by atoms with Crippen LogP contribution in [-0.4, -0.2) is 38.1 Å². The second kappa shape index (κ2) is 6.98. The molecule has 1 fully saturated rings. The number of nitrogens with zero attached hydrogens (tertiary/aromatic N) is 3. The lowest BCUT2D eigenvalue weighted by molar-refractivity contribution is 0.0941. The molecule has 3 rings (SSSR count). The summed E-state index contributed by atoms with van der Waals surface area (Å²) >= 11 is 0. The first kappa shape index (κ1) is 17.0. The Hall–Kier alpha value is -2.81.